The van der Waals surface area contributed by atoms with Crippen LogP contribution in [0.5, 0.6) is 5.88 Å². The predicted molar refractivity (Wildman–Crippen MR) is 169 cm³/mol. The highest BCUT2D eigenvalue weighted by molar-refractivity contribution is 9.10. The minimum absolute atomic E-state index is 0.0156. The van der Waals surface area contributed by atoms with E-state index < -0.39 is 41.6 Å². The number of anilines is 2. The molecule has 3 saturated heterocycles. The average molecular weight is 703 g/mol. The van der Waals surface area contributed by atoms with Gasteiger partial charge in [-0.15, -0.1) is 0 Å². The lowest BCUT2D eigenvalue weighted by molar-refractivity contribution is -0.228. The molecule has 0 radical (unpaired) electrons. The summed E-state index contributed by atoms with van der Waals surface area (Å²) in [5.41, 5.74) is 0.498. The fraction of sp³-hybridized carbons (Fsp3) is 0.500. The summed E-state index contributed by atoms with van der Waals surface area (Å²) in [7, 11) is 0. The first kappa shape index (κ1) is 31.0. The molecule has 1 aromatic carbocycles. The highest BCUT2D eigenvalue weighted by Gasteiger charge is 2.50. The van der Waals surface area contributed by atoms with Gasteiger partial charge in [0.15, 0.2) is 17.2 Å². The molecule has 4 aromatic rings. The van der Waals surface area contributed by atoms with E-state index in [1.165, 1.54) is 0 Å². The zero-order chi connectivity index (χ0) is 32.4. The summed E-state index contributed by atoms with van der Waals surface area (Å²) in [4.78, 5) is 30.5. The number of benzene rings is 1. The molecule has 0 unspecified atom stereocenters. The number of furan rings is 1. The lowest BCUT2D eigenvalue weighted by Crippen LogP contribution is -2.68. The third-order valence-electron chi connectivity index (χ3n) is 8.66. The normalized spacial score (nSPS) is 23.0. The number of morpholine rings is 1. The standard InChI is InChI=1S/C32H34BrF2N5O6/c1-17-32(15-42-16-32)43-10-9-39(17)21-11-18(33)13-36-29(21)44-19-12-22(30(41)46-31(2,3)4)40(14-19)28-25-24(37-27(38-28)26(34)35)20-7-5-6-8-23(20)45-25/h5-8,11,13,17,19,22,26H,9-10,12,14-16H2,1-4H3/t17-,19-,22-/m0/s1. The van der Waals surface area contributed by atoms with Crippen LogP contribution < -0.4 is 14.5 Å². The molecule has 3 fully saturated rings. The van der Waals surface area contributed by atoms with Crippen LogP contribution in [0.1, 0.15) is 46.4 Å². The van der Waals surface area contributed by atoms with Crippen LogP contribution >= 0.6 is 15.9 Å². The van der Waals surface area contributed by atoms with Crippen LogP contribution in [0.25, 0.3) is 22.1 Å². The fourth-order valence-electron chi connectivity index (χ4n) is 6.37. The van der Waals surface area contributed by atoms with Crippen LogP contribution in [0.2, 0.25) is 0 Å². The largest absolute Gasteiger partial charge is 0.471 e. The molecule has 6 heterocycles. The molecule has 1 spiro atoms. The molecule has 0 amide bonds. The Morgan fingerprint density at radius 3 is 2.67 bits per heavy atom. The number of hydrogen-bond acceptors (Lipinski definition) is 11. The third kappa shape index (κ3) is 5.53. The molecule has 0 saturated carbocycles. The van der Waals surface area contributed by atoms with Gasteiger partial charge in [-0.2, -0.15) is 0 Å². The lowest BCUT2D eigenvalue weighted by atomic mass is 9.90. The Balaban J connectivity index is 1.27. The highest BCUT2D eigenvalue weighted by Crippen LogP contribution is 2.42. The van der Waals surface area contributed by atoms with E-state index in [1.54, 1.807) is 56.1 Å². The van der Waals surface area contributed by atoms with Gasteiger partial charge in [-0.05, 0) is 61.8 Å². The third-order valence-corrected chi connectivity index (χ3v) is 9.09. The Labute approximate surface area is 272 Å². The molecule has 46 heavy (non-hydrogen) atoms. The zero-order valence-corrected chi connectivity index (χ0v) is 27.4. The number of carbonyl (C=O) groups is 1. The van der Waals surface area contributed by atoms with Crippen molar-refractivity contribution in [2.45, 2.75) is 69.9 Å². The number of rotatable bonds is 6. The van der Waals surface area contributed by atoms with Crippen molar-refractivity contribution < 1.29 is 36.9 Å². The van der Waals surface area contributed by atoms with Crippen LogP contribution in [0.4, 0.5) is 20.3 Å². The Kier molecular flexibility index (Phi) is 7.80. The number of nitrogens with zero attached hydrogens (tertiary/aromatic N) is 5. The molecule has 11 nitrogen and oxygen atoms in total. The zero-order valence-electron chi connectivity index (χ0n) is 25.8. The molecular weight excluding hydrogens is 668 g/mol. The maximum absolute atomic E-state index is 14.2. The van der Waals surface area contributed by atoms with Crippen molar-refractivity contribution in [2.75, 3.05) is 42.7 Å². The quantitative estimate of drug-likeness (QED) is 0.226. The summed E-state index contributed by atoms with van der Waals surface area (Å²) in [6, 6.07) is 8.08. The fourth-order valence-corrected chi connectivity index (χ4v) is 6.69. The average Bonchev–Trinajstić information content (AvgIpc) is 3.58. The van der Waals surface area contributed by atoms with Crippen LogP contribution in [0.3, 0.4) is 0 Å². The van der Waals surface area contributed by atoms with Gasteiger partial charge in [0.1, 0.15) is 40.1 Å². The topological polar surface area (TPSA) is 112 Å². The first-order chi connectivity index (χ1) is 21.9. The van der Waals surface area contributed by atoms with Crippen molar-refractivity contribution in [3.8, 4) is 5.88 Å². The summed E-state index contributed by atoms with van der Waals surface area (Å²) >= 11 is 3.55. The van der Waals surface area contributed by atoms with Crippen LogP contribution in [-0.4, -0.2) is 83.2 Å². The predicted octanol–water partition coefficient (Wildman–Crippen LogP) is 5.83. The molecule has 3 aliphatic rings. The van der Waals surface area contributed by atoms with E-state index in [4.69, 9.17) is 23.4 Å². The molecule has 3 aromatic heterocycles. The van der Waals surface area contributed by atoms with Crippen LogP contribution in [0, 0.1) is 0 Å². The molecule has 7 rings (SSSR count). The number of carbonyl (C=O) groups excluding carboxylic acids is 1. The second kappa shape index (κ2) is 11.6. The van der Waals surface area contributed by atoms with E-state index in [0.717, 1.165) is 10.2 Å². The number of hydrogen-bond donors (Lipinski definition) is 0. The summed E-state index contributed by atoms with van der Waals surface area (Å²) in [5, 5.41) is 0.571. The second-order valence-corrected chi connectivity index (χ2v) is 13.8. The smallest absolute Gasteiger partial charge is 0.329 e. The number of aromatic nitrogens is 3. The number of ether oxygens (including phenoxy) is 4. The van der Waals surface area contributed by atoms with Gasteiger partial charge in [-0.25, -0.2) is 28.5 Å². The minimum atomic E-state index is -2.94. The maximum atomic E-state index is 14.2. The Hall–Kier alpha value is -3.62. The van der Waals surface area contributed by atoms with Crippen molar-refractivity contribution in [1.82, 2.24) is 15.0 Å². The number of fused-ring (bicyclic) bond motifs is 3. The molecular formula is C32H34BrF2N5O6. The van der Waals surface area contributed by atoms with Crippen molar-refractivity contribution >= 4 is 55.5 Å². The van der Waals surface area contributed by atoms with Gasteiger partial charge in [0.25, 0.3) is 6.43 Å². The van der Waals surface area contributed by atoms with Crippen LogP contribution in [-0.2, 0) is 19.0 Å². The van der Waals surface area contributed by atoms with Gasteiger partial charge in [0.2, 0.25) is 5.88 Å². The first-order valence-corrected chi connectivity index (χ1v) is 16.0. The monoisotopic (exact) mass is 701 g/mol. The minimum Gasteiger partial charge on any atom is -0.471 e. The summed E-state index contributed by atoms with van der Waals surface area (Å²) in [6.45, 7) is 9.70. The van der Waals surface area contributed by atoms with E-state index in [0.29, 0.717) is 43.2 Å². The summed E-state index contributed by atoms with van der Waals surface area (Å²) < 4.78 is 59.2. The van der Waals surface area contributed by atoms with E-state index >= 15 is 0 Å². The SMILES string of the molecule is C[C@@H]1N(c2cc(Br)cnc2O[C@H]2C[C@@H](C(=O)OC(C)(C)C)N(c3nc(C(F)F)nc4c3oc3ccccc34)C2)CCOC12COC2. The number of para-hydroxylation sites is 1. The molecule has 14 heteroatoms. The van der Waals surface area contributed by atoms with Gasteiger partial charge in [-0.1, -0.05) is 12.1 Å². The molecule has 244 valence electrons. The molecule has 3 aliphatic heterocycles. The van der Waals surface area contributed by atoms with Crippen molar-refractivity contribution in [2.24, 2.45) is 0 Å². The van der Waals surface area contributed by atoms with Crippen molar-refractivity contribution in [1.29, 1.82) is 0 Å². The number of halogens is 3. The van der Waals surface area contributed by atoms with Gasteiger partial charge >= 0.3 is 5.97 Å². The number of pyridine rings is 1. The van der Waals surface area contributed by atoms with Crippen LogP contribution in [0.15, 0.2) is 45.4 Å². The maximum Gasteiger partial charge on any atom is 0.329 e. The van der Waals surface area contributed by atoms with Crippen molar-refractivity contribution in [3.05, 3.63) is 46.8 Å². The van der Waals surface area contributed by atoms with Gasteiger partial charge in [0.05, 0.1) is 32.4 Å². The Morgan fingerprint density at radius 2 is 1.96 bits per heavy atom. The second-order valence-electron chi connectivity index (χ2n) is 12.9. The Bertz CT molecular complexity index is 1790. The van der Waals surface area contributed by atoms with Gasteiger partial charge < -0.3 is 33.2 Å². The summed E-state index contributed by atoms with van der Waals surface area (Å²) in [5.74, 6) is -0.727. The highest BCUT2D eigenvalue weighted by atomic mass is 79.9. The Morgan fingerprint density at radius 1 is 1.17 bits per heavy atom. The lowest BCUT2D eigenvalue weighted by Gasteiger charge is -2.53. The molecule has 0 bridgehead atoms. The number of alkyl halides is 2. The van der Waals surface area contributed by atoms with E-state index in [2.05, 4.69) is 42.7 Å². The molecule has 0 N–H and O–H groups in total. The first-order valence-electron chi connectivity index (χ1n) is 15.2. The molecule has 3 atom stereocenters. The van der Waals surface area contributed by atoms with E-state index in [9.17, 15) is 13.6 Å². The van der Waals surface area contributed by atoms with Crippen molar-refractivity contribution in [3.63, 3.8) is 0 Å². The summed E-state index contributed by atoms with van der Waals surface area (Å²) in [6.07, 6.45) is -1.67. The number of esters is 1. The van der Waals surface area contributed by atoms with E-state index in [-0.39, 0.29) is 35.9 Å². The molecule has 0 aliphatic carbocycles. The van der Waals surface area contributed by atoms with Gasteiger partial charge in [0, 0.05) is 29.0 Å². The van der Waals surface area contributed by atoms with E-state index in [1.807, 2.05) is 6.07 Å². The van der Waals surface area contributed by atoms with Gasteiger partial charge in [-0.3, -0.25) is 0 Å².